The van der Waals surface area contributed by atoms with E-state index in [2.05, 4.69) is 11.1 Å². The minimum absolute atomic E-state index is 0.0463. The summed E-state index contributed by atoms with van der Waals surface area (Å²) in [6, 6.07) is 5.58. The van der Waals surface area contributed by atoms with Gasteiger partial charge in [-0.05, 0) is 30.5 Å². The van der Waals surface area contributed by atoms with Gasteiger partial charge in [0.05, 0.1) is 12.3 Å². The maximum atomic E-state index is 11.8. The van der Waals surface area contributed by atoms with E-state index < -0.39 is 0 Å². The van der Waals surface area contributed by atoms with Gasteiger partial charge in [0.25, 0.3) is 5.91 Å². The topological polar surface area (TPSA) is 32.7 Å². The molecule has 104 valence electrons. The Bertz CT molecular complexity index is 624. The third-order valence-electron chi connectivity index (χ3n) is 3.92. The molecule has 0 bridgehead atoms. The molecule has 20 heavy (non-hydrogen) atoms. The zero-order valence-electron chi connectivity index (χ0n) is 11.0. The summed E-state index contributed by atoms with van der Waals surface area (Å²) in [5.41, 5.74) is 2.08. The van der Waals surface area contributed by atoms with Gasteiger partial charge in [-0.1, -0.05) is 35.3 Å². The molecule has 0 saturated heterocycles. The van der Waals surface area contributed by atoms with Gasteiger partial charge in [-0.25, -0.2) is 4.99 Å². The molecule has 1 aliphatic heterocycles. The number of amides is 1. The van der Waals surface area contributed by atoms with Crippen LogP contribution >= 0.6 is 23.2 Å². The zero-order valence-corrected chi connectivity index (χ0v) is 12.5. The van der Waals surface area contributed by atoms with Crippen molar-refractivity contribution >= 4 is 35.4 Å². The van der Waals surface area contributed by atoms with E-state index >= 15 is 0 Å². The van der Waals surface area contributed by atoms with Gasteiger partial charge in [-0.3, -0.25) is 4.79 Å². The monoisotopic (exact) mass is 308 g/mol. The smallest absolute Gasteiger partial charge is 0.256 e. The highest BCUT2D eigenvalue weighted by atomic mass is 35.5. The van der Waals surface area contributed by atoms with Crippen molar-refractivity contribution in [3.8, 4) is 0 Å². The van der Waals surface area contributed by atoms with E-state index in [0.29, 0.717) is 10.0 Å². The Kier molecular flexibility index (Phi) is 3.57. The van der Waals surface area contributed by atoms with Gasteiger partial charge in [0.2, 0.25) is 0 Å². The third-order valence-corrected chi connectivity index (χ3v) is 4.48. The second kappa shape index (κ2) is 5.23. The number of hydrogen-bond donors (Lipinski definition) is 0. The molecule has 2 aliphatic rings. The minimum atomic E-state index is -0.104. The standard InChI is InChI=1S/C15H14Cl2N2O/c1-19-8-18-15(20)12-4-2-9(6-14(12)19)11-5-3-10(16)7-13(11)17/h3,5-9,12H,2,4H2,1H3. The molecule has 0 fully saturated rings. The molecule has 0 aromatic heterocycles. The van der Waals surface area contributed by atoms with Crippen LogP contribution in [0.4, 0.5) is 0 Å². The normalized spacial score (nSPS) is 25.4. The maximum absolute atomic E-state index is 11.8. The second-order valence-electron chi connectivity index (χ2n) is 5.19. The first-order valence-electron chi connectivity index (χ1n) is 6.54. The molecule has 2 atom stereocenters. The molecule has 1 aromatic rings. The van der Waals surface area contributed by atoms with Crippen LogP contribution in [0.25, 0.3) is 0 Å². The van der Waals surface area contributed by atoms with E-state index in [4.69, 9.17) is 23.2 Å². The fourth-order valence-electron chi connectivity index (χ4n) is 2.86. The quantitative estimate of drug-likeness (QED) is 0.789. The van der Waals surface area contributed by atoms with E-state index in [9.17, 15) is 4.79 Å². The van der Waals surface area contributed by atoms with E-state index in [-0.39, 0.29) is 17.7 Å². The lowest BCUT2D eigenvalue weighted by Gasteiger charge is -2.34. The summed E-state index contributed by atoms with van der Waals surface area (Å²) in [6.45, 7) is 0. The predicted octanol–water partition coefficient (Wildman–Crippen LogP) is 3.87. The number of nitrogens with zero attached hydrogens (tertiary/aromatic N) is 2. The summed E-state index contributed by atoms with van der Waals surface area (Å²) < 4.78 is 0. The summed E-state index contributed by atoms with van der Waals surface area (Å²) in [5.74, 6) is 0.0649. The largest absolute Gasteiger partial charge is 0.339 e. The highest BCUT2D eigenvalue weighted by Crippen LogP contribution is 2.39. The molecule has 1 heterocycles. The molecular formula is C15H14Cl2N2O. The lowest BCUT2D eigenvalue weighted by molar-refractivity contribution is -0.121. The van der Waals surface area contributed by atoms with Gasteiger partial charge in [0.1, 0.15) is 0 Å². The first kappa shape index (κ1) is 13.7. The molecule has 0 spiro atoms. The van der Waals surface area contributed by atoms with Crippen LogP contribution in [0.2, 0.25) is 10.0 Å². The van der Waals surface area contributed by atoms with Crippen LogP contribution in [-0.4, -0.2) is 24.2 Å². The van der Waals surface area contributed by atoms with E-state index in [1.807, 2.05) is 24.1 Å². The Morgan fingerprint density at radius 3 is 2.85 bits per heavy atom. The number of hydrogen-bond acceptors (Lipinski definition) is 2. The predicted molar refractivity (Wildman–Crippen MR) is 81.3 cm³/mol. The zero-order chi connectivity index (χ0) is 14.3. The average Bonchev–Trinajstić information content (AvgIpc) is 2.43. The van der Waals surface area contributed by atoms with Crippen molar-refractivity contribution in [2.45, 2.75) is 18.8 Å². The van der Waals surface area contributed by atoms with Gasteiger partial charge in [-0.2, -0.15) is 0 Å². The molecule has 5 heteroatoms. The maximum Gasteiger partial charge on any atom is 0.256 e. The van der Waals surface area contributed by atoms with Crippen LogP contribution in [0.15, 0.2) is 35.0 Å². The first-order chi connectivity index (χ1) is 9.56. The number of halogens is 2. The molecule has 0 saturated carbocycles. The molecule has 1 amide bonds. The highest BCUT2D eigenvalue weighted by Gasteiger charge is 2.33. The van der Waals surface area contributed by atoms with Gasteiger partial charge in [0.15, 0.2) is 0 Å². The summed E-state index contributed by atoms with van der Waals surface area (Å²) in [6.07, 6.45) is 5.41. The van der Waals surface area contributed by atoms with Crippen LogP contribution in [0, 0.1) is 5.92 Å². The Hall–Kier alpha value is -1.32. The van der Waals surface area contributed by atoms with E-state index in [1.165, 1.54) is 0 Å². The summed E-state index contributed by atoms with van der Waals surface area (Å²) in [7, 11) is 1.92. The Morgan fingerprint density at radius 2 is 2.10 bits per heavy atom. The van der Waals surface area contributed by atoms with E-state index in [0.717, 1.165) is 24.1 Å². The molecule has 1 aliphatic carbocycles. The van der Waals surface area contributed by atoms with Crippen molar-refractivity contribution < 1.29 is 4.79 Å². The number of aliphatic imine (C=N–C) groups is 1. The van der Waals surface area contributed by atoms with Crippen LogP contribution < -0.4 is 0 Å². The van der Waals surface area contributed by atoms with Crippen molar-refractivity contribution in [3.05, 3.63) is 45.6 Å². The Balaban J connectivity index is 1.98. The Morgan fingerprint density at radius 1 is 1.30 bits per heavy atom. The van der Waals surface area contributed by atoms with Gasteiger partial charge in [0, 0.05) is 28.7 Å². The molecule has 3 rings (SSSR count). The van der Waals surface area contributed by atoms with Crippen LogP contribution in [0.1, 0.15) is 24.3 Å². The molecule has 0 radical (unpaired) electrons. The van der Waals surface area contributed by atoms with Crippen molar-refractivity contribution in [3.63, 3.8) is 0 Å². The third kappa shape index (κ3) is 2.36. The fourth-order valence-corrected chi connectivity index (χ4v) is 3.41. The lowest BCUT2D eigenvalue weighted by Crippen LogP contribution is -2.34. The average molecular weight is 309 g/mol. The van der Waals surface area contributed by atoms with Gasteiger partial charge in [-0.15, -0.1) is 0 Å². The molecule has 3 nitrogen and oxygen atoms in total. The highest BCUT2D eigenvalue weighted by molar-refractivity contribution is 6.35. The number of rotatable bonds is 1. The molecular weight excluding hydrogens is 295 g/mol. The lowest BCUT2D eigenvalue weighted by atomic mass is 9.81. The molecule has 0 N–H and O–H groups in total. The number of fused-ring (bicyclic) bond motifs is 1. The van der Waals surface area contributed by atoms with Crippen molar-refractivity contribution in [2.75, 3.05) is 7.05 Å². The molecule has 2 unspecified atom stereocenters. The van der Waals surface area contributed by atoms with Gasteiger partial charge >= 0.3 is 0 Å². The number of benzene rings is 1. The minimum Gasteiger partial charge on any atom is -0.339 e. The van der Waals surface area contributed by atoms with Crippen molar-refractivity contribution in [1.29, 1.82) is 0 Å². The Labute approximate surface area is 127 Å². The number of carbonyl (C=O) groups is 1. The first-order valence-corrected chi connectivity index (χ1v) is 7.29. The van der Waals surface area contributed by atoms with Crippen LogP contribution in [0.3, 0.4) is 0 Å². The van der Waals surface area contributed by atoms with Crippen LogP contribution in [-0.2, 0) is 4.79 Å². The van der Waals surface area contributed by atoms with Crippen molar-refractivity contribution in [1.82, 2.24) is 4.90 Å². The number of carbonyl (C=O) groups excluding carboxylic acids is 1. The van der Waals surface area contributed by atoms with Gasteiger partial charge < -0.3 is 4.90 Å². The number of allylic oxidation sites excluding steroid dienone is 1. The second-order valence-corrected chi connectivity index (χ2v) is 6.03. The van der Waals surface area contributed by atoms with Crippen molar-refractivity contribution in [2.24, 2.45) is 10.9 Å². The summed E-state index contributed by atoms with van der Waals surface area (Å²) in [5, 5.41) is 1.31. The SMILES string of the molecule is CN1C=NC(=O)C2CCC(c3ccc(Cl)cc3Cl)C=C21. The summed E-state index contributed by atoms with van der Waals surface area (Å²) in [4.78, 5) is 17.6. The fraction of sp³-hybridized carbons (Fsp3) is 0.333. The molecule has 1 aromatic carbocycles. The summed E-state index contributed by atoms with van der Waals surface area (Å²) >= 11 is 12.2. The van der Waals surface area contributed by atoms with E-state index in [1.54, 1.807) is 12.4 Å². The van der Waals surface area contributed by atoms with Crippen LogP contribution in [0.5, 0.6) is 0 Å².